The highest BCUT2D eigenvalue weighted by Crippen LogP contribution is 2.27. The third-order valence-electron chi connectivity index (χ3n) is 4.65. The van der Waals surface area contributed by atoms with E-state index < -0.39 is 0 Å². The van der Waals surface area contributed by atoms with Crippen LogP contribution in [0.25, 0.3) is 5.65 Å². The number of nitrogens with zero attached hydrogens (tertiary/aromatic N) is 4. The fourth-order valence-corrected chi connectivity index (χ4v) is 4.21. The van der Waals surface area contributed by atoms with Gasteiger partial charge in [0.1, 0.15) is 16.5 Å². The number of rotatable bonds is 6. The van der Waals surface area contributed by atoms with Crippen molar-refractivity contribution in [3.8, 4) is 0 Å². The van der Waals surface area contributed by atoms with Crippen molar-refractivity contribution in [3.63, 3.8) is 0 Å². The van der Waals surface area contributed by atoms with Gasteiger partial charge in [0.15, 0.2) is 0 Å². The molecular formula is C21H19Cl2N5OS. The number of halogens is 2. The molecule has 1 N–H and O–H groups in total. The Balaban J connectivity index is 1.66. The molecule has 1 amide bonds. The maximum Gasteiger partial charge on any atom is 0.257 e. The fraction of sp³-hybridized carbons (Fsp3) is 0.190. The molecule has 4 aromatic rings. The van der Waals surface area contributed by atoms with E-state index >= 15 is 0 Å². The van der Waals surface area contributed by atoms with Gasteiger partial charge in [-0.05, 0) is 36.8 Å². The van der Waals surface area contributed by atoms with E-state index in [-0.39, 0.29) is 5.91 Å². The number of anilines is 2. The second-order valence-electron chi connectivity index (χ2n) is 6.75. The zero-order valence-electron chi connectivity index (χ0n) is 16.4. The molecule has 0 radical (unpaired) electrons. The summed E-state index contributed by atoms with van der Waals surface area (Å²) in [6, 6.07) is 8.60. The van der Waals surface area contributed by atoms with Crippen LogP contribution in [0.1, 0.15) is 28.0 Å². The minimum atomic E-state index is -0.240. The molecule has 0 fully saturated rings. The molecule has 6 nitrogen and oxygen atoms in total. The van der Waals surface area contributed by atoms with Crippen LogP contribution < -0.4 is 10.2 Å². The molecule has 0 spiro atoms. The molecule has 0 aliphatic carbocycles. The van der Waals surface area contributed by atoms with Crippen LogP contribution in [0, 0.1) is 0 Å². The largest absolute Gasteiger partial charge is 0.352 e. The lowest BCUT2D eigenvalue weighted by atomic mass is 10.2. The van der Waals surface area contributed by atoms with E-state index in [0.29, 0.717) is 27.8 Å². The summed E-state index contributed by atoms with van der Waals surface area (Å²) in [5.41, 5.74) is 2.85. The number of pyridine rings is 1. The molecule has 3 aromatic heterocycles. The van der Waals surface area contributed by atoms with E-state index in [2.05, 4.69) is 22.1 Å². The van der Waals surface area contributed by atoms with E-state index in [9.17, 15) is 4.79 Å². The lowest BCUT2D eigenvalue weighted by molar-refractivity contribution is 0.102. The van der Waals surface area contributed by atoms with Gasteiger partial charge in [-0.15, -0.1) is 11.3 Å². The normalized spacial score (nSPS) is 11.1. The SMILES string of the molecule is CCc1nc2ccc(C(=O)Nc3ccc(Cl)c(Cl)c3)cn2c1N(C)Cc1nccs1. The monoisotopic (exact) mass is 459 g/mol. The lowest BCUT2D eigenvalue weighted by Crippen LogP contribution is -2.20. The molecule has 0 unspecified atom stereocenters. The molecule has 154 valence electrons. The Hall–Kier alpha value is -2.61. The Labute approximate surface area is 188 Å². The predicted molar refractivity (Wildman–Crippen MR) is 123 cm³/mol. The van der Waals surface area contributed by atoms with E-state index in [1.54, 1.807) is 41.8 Å². The van der Waals surface area contributed by atoms with Crippen molar-refractivity contribution in [2.75, 3.05) is 17.3 Å². The van der Waals surface area contributed by atoms with Crippen molar-refractivity contribution in [3.05, 3.63) is 74.4 Å². The van der Waals surface area contributed by atoms with Crippen LogP contribution in [0.4, 0.5) is 11.5 Å². The number of aromatic nitrogens is 3. The number of fused-ring (bicyclic) bond motifs is 1. The predicted octanol–water partition coefficient (Wildman–Crippen LogP) is 5.55. The fourth-order valence-electron chi connectivity index (χ4n) is 3.24. The molecule has 3 heterocycles. The summed E-state index contributed by atoms with van der Waals surface area (Å²) >= 11 is 13.6. The van der Waals surface area contributed by atoms with Crippen molar-refractivity contribution in [2.45, 2.75) is 19.9 Å². The first kappa shape index (κ1) is 20.7. The molecule has 30 heavy (non-hydrogen) atoms. The highest BCUT2D eigenvalue weighted by Gasteiger charge is 2.18. The van der Waals surface area contributed by atoms with Crippen LogP contribution in [0.2, 0.25) is 10.0 Å². The highest BCUT2D eigenvalue weighted by atomic mass is 35.5. The van der Waals surface area contributed by atoms with Crippen LogP contribution in [-0.2, 0) is 13.0 Å². The van der Waals surface area contributed by atoms with Crippen molar-refractivity contribution in [1.82, 2.24) is 14.4 Å². The van der Waals surface area contributed by atoms with Crippen LogP contribution >= 0.6 is 34.5 Å². The summed E-state index contributed by atoms with van der Waals surface area (Å²) in [5.74, 6) is 0.711. The van der Waals surface area contributed by atoms with Gasteiger partial charge < -0.3 is 10.2 Å². The van der Waals surface area contributed by atoms with Gasteiger partial charge in [-0.1, -0.05) is 30.1 Å². The Bertz CT molecular complexity index is 1210. The van der Waals surface area contributed by atoms with Crippen molar-refractivity contribution >= 4 is 57.6 Å². The number of carbonyl (C=O) groups excluding carboxylic acids is 1. The minimum absolute atomic E-state index is 0.240. The van der Waals surface area contributed by atoms with Gasteiger partial charge in [0.05, 0.1) is 27.8 Å². The Morgan fingerprint density at radius 3 is 2.77 bits per heavy atom. The number of aryl methyl sites for hydroxylation is 1. The third-order valence-corrected chi connectivity index (χ3v) is 6.16. The molecule has 0 bridgehead atoms. The molecule has 0 saturated heterocycles. The quantitative estimate of drug-likeness (QED) is 0.410. The maximum absolute atomic E-state index is 12.8. The number of amides is 1. The van der Waals surface area contributed by atoms with Crippen molar-refractivity contribution in [1.29, 1.82) is 0 Å². The van der Waals surface area contributed by atoms with Crippen LogP contribution in [0.15, 0.2) is 48.1 Å². The number of imidazole rings is 1. The summed E-state index contributed by atoms with van der Waals surface area (Å²) in [4.78, 5) is 24.0. The standard InChI is InChI=1S/C21H19Cl2N5OS/c1-3-17-21(27(2)12-19-24-8-9-30-19)28-11-13(4-7-18(28)26-17)20(29)25-14-5-6-15(22)16(23)10-14/h4-11H,3,12H2,1-2H3,(H,25,29). The van der Waals surface area contributed by atoms with Crippen molar-refractivity contribution in [2.24, 2.45) is 0 Å². The Morgan fingerprint density at radius 1 is 1.23 bits per heavy atom. The molecule has 1 aromatic carbocycles. The zero-order valence-corrected chi connectivity index (χ0v) is 18.7. The summed E-state index contributed by atoms with van der Waals surface area (Å²) in [5, 5.41) is 6.66. The van der Waals surface area contributed by atoms with Gasteiger partial charge in [-0.3, -0.25) is 9.20 Å². The van der Waals surface area contributed by atoms with Crippen LogP contribution in [-0.4, -0.2) is 27.3 Å². The number of hydrogen-bond acceptors (Lipinski definition) is 5. The smallest absolute Gasteiger partial charge is 0.257 e. The van der Waals surface area contributed by atoms with E-state index in [4.69, 9.17) is 28.2 Å². The molecule has 4 rings (SSSR count). The second-order valence-corrected chi connectivity index (χ2v) is 8.54. The van der Waals surface area contributed by atoms with Crippen LogP contribution in [0.5, 0.6) is 0 Å². The van der Waals surface area contributed by atoms with E-state index in [1.165, 1.54) is 0 Å². The summed E-state index contributed by atoms with van der Waals surface area (Å²) in [7, 11) is 2.01. The van der Waals surface area contributed by atoms with Gasteiger partial charge in [0.2, 0.25) is 0 Å². The maximum atomic E-state index is 12.8. The molecule has 0 aliphatic heterocycles. The Kier molecular flexibility index (Phi) is 5.94. The third kappa shape index (κ3) is 4.14. The zero-order chi connectivity index (χ0) is 21.3. The summed E-state index contributed by atoms with van der Waals surface area (Å²) < 4.78 is 1.95. The van der Waals surface area contributed by atoms with Gasteiger partial charge in [0, 0.05) is 30.5 Å². The van der Waals surface area contributed by atoms with Gasteiger partial charge in [0.25, 0.3) is 5.91 Å². The van der Waals surface area contributed by atoms with E-state index in [0.717, 1.165) is 28.6 Å². The van der Waals surface area contributed by atoms with Gasteiger partial charge >= 0.3 is 0 Å². The number of nitrogens with one attached hydrogen (secondary N) is 1. The number of carbonyl (C=O) groups is 1. The highest BCUT2D eigenvalue weighted by molar-refractivity contribution is 7.09. The average Bonchev–Trinajstić information content (AvgIpc) is 3.37. The van der Waals surface area contributed by atoms with Gasteiger partial charge in [-0.2, -0.15) is 0 Å². The molecule has 0 aliphatic rings. The van der Waals surface area contributed by atoms with Crippen molar-refractivity contribution < 1.29 is 4.79 Å². The summed E-state index contributed by atoms with van der Waals surface area (Å²) in [6.07, 6.45) is 4.39. The molecule has 0 saturated carbocycles. The molecule has 0 atom stereocenters. The number of thiazole rings is 1. The molecule has 9 heteroatoms. The minimum Gasteiger partial charge on any atom is -0.352 e. The second kappa shape index (κ2) is 8.63. The van der Waals surface area contributed by atoms with Gasteiger partial charge in [-0.25, -0.2) is 9.97 Å². The number of hydrogen-bond donors (Lipinski definition) is 1. The van der Waals surface area contributed by atoms with E-state index in [1.807, 2.05) is 29.1 Å². The average molecular weight is 460 g/mol. The summed E-state index contributed by atoms with van der Waals surface area (Å²) in [6.45, 7) is 2.73. The first-order valence-electron chi connectivity index (χ1n) is 9.33. The lowest BCUT2D eigenvalue weighted by Gasteiger charge is -2.19. The number of benzene rings is 1. The Morgan fingerprint density at radius 2 is 2.07 bits per heavy atom. The first-order valence-corrected chi connectivity index (χ1v) is 11.0. The molecular weight excluding hydrogens is 441 g/mol. The first-order chi connectivity index (χ1) is 14.5. The van der Waals surface area contributed by atoms with Crippen LogP contribution in [0.3, 0.4) is 0 Å². The topological polar surface area (TPSA) is 62.5 Å².